The van der Waals surface area contributed by atoms with Crippen LogP contribution in [0.25, 0.3) is 0 Å². The normalized spacial score (nSPS) is 22.5. The van der Waals surface area contributed by atoms with Crippen LogP contribution in [0.4, 0.5) is 0 Å². The van der Waals surface area contributed by atoms with E-state index >= 15 is 0 Å². The van der Waals surface area contributed by atoms with Crippen LogP contribution < -0.4 is 0 Å². The molecule has 5 heteroatoms. The monoisotopic (exact) mass is 363 g/mol. The topological polar surface area (TPSA) is 53.5 Å². The minimum absolute atomic E-state index is 0.0731. The second-order valence-corrected chi connectivity index (χ2v) is 7.79. The summed E-state index contributed by atoms with van der Waals surface area (Å²) >= 11 is 0. The van der Waals surface area contributed by atoms with Gasteiger partial charge in [0.1, 0.15) is 5.69 Å². The van der Waals surface area contributed by atoms with Crippen LogP contribution in [0.1, 0.15) is 40.9 Å². The Kier molecular flexibility index (Phi) is 4.68. The number of carbonyl (C=O) groups excluding carboxylic acids is 2. The highest BCUT2D eigenvalue weighted by Gasteiger charge is 2.49. The molecule has 0 radical (unpaired) electrons. The van der Waals surface area contributed by atoms with E-state index in [2.05, 4.69) is 30.1 Å². The van der Waals surface area contributed by atoms with Crippen molar-refractivity contribution >= 4 is 11.8 Å². The minimum atomic E-state index is -0.424. The number of hydrogen-bond donors (Lipinski definition) is 0. The zero-order valence-corrected chi connectivity index (χ0v) is 15.7. The van der Waals surface area contributed by atoms with Crippen molar-refractivity contribution in [1.29, 1.82) is 0 Å². The standard InChI is InChI=1S/C22H25N3O2/c1-17-6-4-7-18(14-17)15-24-12-5-9-22(21(24)27)10-13-25(16-22)20(26)19-8-2-3-11-23-19/h2-4,6-8,11,14H,5,9-10,12-13,15-16H2,1H3. The first-order valence-electron chi connectivity index (χ1n) is 9.63. The van der Waals surface area contributed by atoms with Crippen molar-refractivity contribution in [3.05, 3.63) is 65.5 Å². The van der Waals surface area contributed by atoms with E-state index in [0.717, 1.165) is 25.8 Å². The summed E-state index contributed by atoms with van der Waals surface area (Å²) in [4.78, 5) is 34.0. The van der Waals surface area contributed by atoms with Crippen molar-refractivity contribution in [2.75, 3.05) is 19.6 Å². The van der Waals surface area contributed by atoms with E-state index in [-0.39, 0.29) is 11.8 Å². The fourth-order valence-corrected chi connectivity index (χ4v) is 4.41. The summed E-state index contributed by atoms with van der Waals surface area (Å²) in [5.74, 6) is 0.127. The first-order chi connectivity index (χ1) is 13.1. The average Bonchev–Trinajstić information content (AvgIpc) is 3.11. The Morgan fingerprint density at radius 3 is 2.81 bits per heavy atom. The second kappa shape index (κ2) is 7.14. The van der Waals surface area contributed by atoms with E-state index < -0.39 is 5.41 Å². The Labute approximate surface area is 160 Å². The molecule has 0 N–H and O–H groups in total. The lowest BCUT2D eigenvalue weighted by atomic mass is 9.78. The maximum absolute atomic E-state index is 13.3. The van der Waals surface area contributed by atoms with Gasteiger partial charge < -0.3 is 9.80 Å². The highest BCUT2D eigenvalue weighted by Crippen LogP contribution is 2.40. The molecular weight excluding hydrogens is 338 g/mol. The van der Waals surface area contributed by atoms with Crippen LogP contribution in [0, 0.1) is 12.3 Å². The molecule has 1 aromatic heterocycles. The molecule has 27 heavy (non-hydrogen) atoms. The average molecular weight is 363 g/mol. The number of piperidine rings is 1. The minimum Gasteiger partial charge on any atom is -0.338 e. The van der Waals surface area contributed by atoms with E-state index in [0.29, 0.717) is 25.3 Å². The van der Waals surface area contributed by atoms with E-state index in [1.165, 1.54) is 11.1 Å². The summed E-state index contributed by atoms with van der Waals surface area (Å²) in [6.07, 6.45) is 4.23. The lowest BCUT2D eigenvalue weighted by Gasteiger charge is -2.39. The lowest BCUT2D eigenvalue weighted by molar-refractivity contribution is -0.146. The highest BCUT2D eigenvalue weighted by molar-refractivity contribution is 5.93. The number of hydrogen-bond acceptors (Lipinski definition) is 3. The van der Waals surface area contributed by atoms with Crippen molar-refractivity contribution in [3.8, 4) is 0 Å². The summed E-state index contributed by atoms with van der Waals surface area (Å²) in [5, 5.41) is 0. The third-order valence-electron chi connectivity index (χ3n) is 5.81. The van der Waals surface area contributed by atoms with Crippen LogP contribution in [0.3, 0.4) is 0 Å². The molecule has 2 saturated heterocycles. The van der Waals surface area contributed by atoms with Crippen LogP contribution in [0.15, 0.2) is 48.7 Å². The molecule has 0 aliphatic carbocycles. The van der Waals surface area contributed by atoms with Gasteiger partial charge in [0.05, 0.1) is 5.41 Å². The molecule has 140 valence electrons. The predicted octanol–water partition coefficient (Wildman–Crippen LogP) is 3.04. The van der Waals surface area contributed by atoms with Crippen molar-refractivity contribution in [3.63, 3.8) is 0 Å². The van der Waals surface area contributed by atoms with Gasteiger partial charge in [0, 0.05) is 32.4 Å². The van der Waals surface area contributed by atoms with Crippen LogP contribution in [0.5, 0.6) is 0 Å². The first kappa shape index (κ1) is 17.7. The van der Waals surface area contributed by atoms with Crippen LogP contribution in [-0.2, 0) is 11.3 Å². The van der Waals surface area contributed by atoms with Gasteiger partial charge in [-0.2, -0.15) is 0 Å². The summed E-state index contributed by atoms with van der Waals surface area (Å²) in [5.41, 5.74) is 2.40. The van der Waals surface area contributed by atoms with Gasteiger partial charge in [-0.3, -0.25) is 14.6 Å². The number of carbonyl (C=O) groups is 2. The molecule has 2 aliphatic rings. The van der Waals surface area contributed by atoms with Crippen LogP contribution in [0.2, 0.25) is 0 Å². The Hall–Kier alpha value is -2.69. The van der Waals surface area contributed by atoms with Gasteiger partial charge in [0.2, 0.25) is 5.91 Å². The summed E-state index contributed by atoms with van der Waals surface area (Å²) in [6.45, 7) is 4.64. The fourth-order valence-electron chi connectivity index (χ4n) is 4.41. The molecule has 1 aromatic carbocycles. The smallest absolute Gasteiger partial charge is 0.272 e. The van der Waals surface area contributed by atoms with Crippen molar-refractivity contribution in [1.82, 2.24) is 14.8 Å². The number of aryl methyl sites for hydroxylation is 1. The molecule has 0 bridgehead atoms. The van der Waals surface area contributed by atoms with Gasteiger partial charge >= 0.3 is 0 Å². The molecule has 1 spiro atoms. The maximum Gasteiger partial charge on any atom is 0.272 e. The highest BCUT2D eigenvalue weighted by atomic mass is 16.2. The summed E-state index contributed by atoms with van der Waals surface area (Å²) in [7, 11) is 0. The molecular formula is C22H25N3O2. The third-order valence-corrected chi connectivity index (χ3v) is 5.81. The number of pyridine rings is 1. The third kappa shape index (κ3) is 3.46. The Morgan fingerprint density at radius 1 is 1.15 bits per heavy atom. The summed E-state index contributed by atoms with van der Waals surface area (Å²) < 4.78 is 0. The number of nitrogens with zero attached hydrogens (tertiary/aromatic N) is 3. The van der Waals surface area contributed by atoms with Crippen molar-refractivity contribution < 1.29 is 9.59 Å². The van der Waals surface area contributed by atoms with Gasteiger partial charge in [-0.15, -0.1) is 0 Å². The van der Waals surface area contributed by atoms with E-state index in [4.69, 9.17) is 0 Å². The lowest BCUT2D eigenvalue weighted by Crippen LogP contribution is -2.50. The quantitative estimate of drug-likeness (QED) is 0.842. The van der Waals surface area contributed by atoms with Gasteiger partial charge in [-0.25, -0.2) is 0 Å². The summed E-state index contributed by atoms with van der Waals surface area (Å²) in [6, 6.07) is 13.7. The largest absolute Gasteiger partial charge is 0.338 e. The Balaban J connectivity index is 1.48. The van der Waals surface area contributed by atoms with E-state index in [9.17, 15) is 9.59 Å². The molecule has 5 nitrogen and oxygen atoms in total. The maximum atomic E-state index is 13.3. The zero-order chi connectivity index (χ0) is 18.9. The number of likely N-dealkylation sites (tertiary alicyclic amines) is 2. The molecule has 0 saturated carbocycles. The number of amides is 2. The number of aromatic nitrogens is 1. The van der Waals surface area contributed by atoms with Gasteiger partial charge in [0.25, 0.3) is 5.91 Å². The number of benzene rings is 1. The molecule has 2 aliphatic heterocycles. The van der Waals surface area contributed by atoms with Crippen molar-refractivity contribution in [2.45, 2.75) is 32.7 Å². The van der Waals surface area contributed by atoms with Crippen LogP contribution in [-0.4, -0.2) is 46.2 Å². The second-order valence-electron chi connectivity index (χ2n) is 7.79. The molecule has 2 amide bonds. The van der Waals surface area contributed by atoms with Crippen molar-refractivity contribution in [2.24, 2.45) is 5.41 Å². The predicted molar refractivity (Wildman–Crippen MR) is 103 cm³/mol. The molecule has 1 atom stereocenters. The molecule has 2 aromatic rings. The van der Waals surface area contributed by atoms with Gasteiger partial charge in [-0.05, 0) is 43.9 Å². The number of rotatable bonds is 3. The zero-order valence-electron chi connectivity index (χ0n) is 15.7. The first-order valence-corrected chi connectivity index (χ1v) is 9.63. The SMILES string of the molecule is Cc1cccc(CN2CCCC3(CCN(C(=O)c4ccccn4)C3)C2=O)c1. The van der Waals surface area contributed by atoms with Gasteiger partial charge in [0.15, 0.2) is 0 Å². The molecule has 4 rings (SSSR count). The Morgan fingerprint density at radius 2 is 2.04 bits per heavy atom. The van der Waals surface area contributed by atoms with Crippen LogP contribution >= 0.6 is 0 Å². The van der Waals surface area contributed by atoms with Gasteiger partial charge in [-0.1, -0.05) is 35.9 Å². The van der Waals surface area contributed by atoms with E-state index in [1.54, 1.807) is 23.2 Å². The molecule has 1 unspecified atom stereocenters. The molecule has 3 heterocycles. The molecule has 2 fully saturated rings. The van der Waals surface area contributed by atoms with E-state index in [1.807, 2.05) is 17.0 Å². The fraction of sp³-hybridized carbons (Fsp3) is 0.409. The Bertz CT molecular complexity index is 852.